The fourth-order valence-electron chi connectivity index (χ4n) is 1.79. The highest BCUT2D eigenvalue weighted by Gasteiger charge is 2.35. The summed E-state index contributed by atoms with van der Waals surface area (Å²) in [5, 5.41) is -1.17. The number of benzene rings is 2. The molecule has 2 rings (SSSR count). The largest absolute Gasteiger partial charge is 0.417 e. The van der Waals surface area contributed by atoms with Crippen LogP contribution in [-0.4, -0.2) is 0 Å². The lowest BCUT2D eigenvalue weighted by atomic mass is 10.0. The number of rotatable bonds is 1. The molecule has 9 heteroatoms. The standard InChI is InChI=1S/C13H3ClF8/c14-7-4(2-1-3-5(7)13(20,21)22)6-8(15)10(17)12(19)11(18)9(6)16/h1-3H. The third-order valence-corrected chi connectivity index (χ3v) is 3.19. The van der Waals surface area contributed by atoms with Crippen molar-refractivity contribution in [1.82, 2.24) is 0 Å². The van der Waals surface area contributed by atoms with E-state index in [2.05, 4.69) is 0 Å². The maximum atomic E-state index is 13.6. The summed E-state index contributed by atoms with van der Waals surface area (Å²) in [5.41, 5.74) is -3.94. The first-order valence-electron chi connectivity index (χ1n) is 5.44. The third kappa shape index (κ3) is 2.51. The summed E-state index contributed by atoms with van der Waals surface area (Å²) < 4.78 is 105. The molecule has 0 saturated heterocycles. The Balaban J connectivity index is 2.85. The van der Waals surface area contributed by atoms with Crippen molar-refractivity contribution >= 4 is 11.6 Å². The summed E-state index contributed by atoms with van der Waals surface area (Å²) in [6.45, 7) is 0. The third-order valence-electron chi connectivity index (χ3n) is 2.78. The van der Waals surface area contributed by atoms with E-state index >= 15 is 0 Å². The minimum absolute atomic E-state index is 0.512. The van der Waals surface area contributed by atoms with E-state index in [9.17, 15) is 35.1 Å². The van der Waals surface area contributed by atoms with Gasteiger partial charge in [-0.1, -0.05) is 23.7 Å². The average molecular weight is 347 g/mol. The highest BCUT2D eigenvalue weighted by atomic mass is 35.5. The van der Waals surface area contributed by atoms with E-state index < -0.39 is 57.0 Å². The van der Waals surface area contributed by atoms with Crippen LogP contribution in [0.4, 0.5) is 35.1 Å². The van der Waals surface area contributed by atoms with Crippen molar-refractivity contribution in [3.8, 4) is 11.1 Å². The lowest BCUT2D eigenvalue weighted by Crippen LogP contribution is -2.08. The second kappa shape index (κ2) is 5.42. The summed E-state index contributed by atoms with van der Waals surface area (Å²) >= 11 is 5.42. The topological polar surface area (TPSA) is 0 Å². The van der Waals surface area contributed by atoms with Crippen LogP contribution in [0.25, 0.3) is 11.1 Å². The highest BCUT2D eigenvalue weighted by Crippen LogP contribution is 2.42. The van der Waals surface area contributed by atoms with Crippen LogP contribution in [-0.2, 0) is 6.18 Å². The molecule has 0 aromatic heterocycles. The monoisotopic (exact) mass is 346 g/mol. The first-order chi connectivity index (χ1) is 10.1. The lowest BCUT2D eigenvalue weighted by Gasteiger charge is -2.14. The molecule has 2 aromatic rings. The normalized spacial score (nSPS) is 11.9. The van der Waals surface area contributed by atoms with Crippen molar-refractivity contribution in [3.63, 3.8) is 0 Å². The molecule has 0 unspecified atom stereocenters. The highest BCUT2D eigenvalue weighted by molar-refractivity contribution is 6.34. The van der Waals surface area contributed by atoms with E-state index in [1.54, 1.807) is 0 Å². The molecule has 0 saturated carbocycles. The van der Waals surface area contributed by atoms with Gasteiger partial charge in [0, 0.05) is 5.56 Å². The summed E-state index contributed by atoms with van der Waals surface area (Å²) in [6, 6.07) is 1.97. The van der Waals surface area contributed by atoms with E-state index in [0.29, 0.717) is 6.07 Å². The Labute approximate surface area is 122 Å². The molecule has 0 nitrogen and oxygen atoms in total. The van der Waals surface area contributed by atoms with Crippen LogP contribution in [0.5, 0.6) is 0 Å². The van der Waals surface area contributed by atoms with Crippen LogP contribution in [0, 0.1) is 29.1 Å². The van der Waals surface area contributed by atoms with Crippen LogP contribution in [0.1, 0.15) is 5.56 Å². The maximum absolute atomic E-state index is 13.6. The molecule has 0 radical (unpaired) electrons. The van der Waals surface area contributed by atoms with Gasteiger partial charge in [-0.2, -0.15) is 13.2 Å². The predicted molar refractivity (Wildman–Crippen MR) is 61.7 cm³/mol. The predicted octanol–water partition coefficient (Wildman–Crippen LogP) is 5.72. The van der Waals surface area contributed by atoms with Gasteiger partial charge in [0.2, 0.25) is 5.82 Å². The van der Waals surface area contributed by atoms with Crippen molar-refractivity contribution in [2.75, 3.05) is 0 Å². The zero-order valence-corrected chi connectivity index (χ0v) is 10.9. The Kier molecular flexibility index (Phi) is 4.08. The molecule has 22 heavy (non-hydrogen) atoms. The summed E-state index contributed by atoms with van der Waals surface area (Å²) in [6.07, 6.45) is -4.96. The molecule has 0 aliphatic carbocycles. The minimum Gasteiger partial charge on any atom is -0.203 e. The van der Waals surface area contributed by atoms with Gasteiger partial charge >= 0.3 is 6.18 Å². The van der Waals surface area contributed by atoms with Crippen molar-refractivity contribution in [1.29, 1.82) is 0 Å². The van der Waals surface area contributed by atoms with E-state index in [1.165, 1.54) is 0 Å². The average Bonchev–Trinajstić information content (AvgIpc) is 2.43. The maximum Gasteiger partial charge on any atom is 0.417 e. The van der Waals surface area contributed by atoms with Crippen molar-refractivity contribution < 1.29 is 35.1 Å². The fourth-order valence-corrected chi connectivity index (χ4v) is 2.11. The summed E-state index contributed by atoms with van der Waals surface area (Å²) in [4.78, 5) is 0. The van der Waals surface area contributed by atoms with Gasteiger partial charge in [-0.05, 0) is 6.07 Å². The van der Waals surface area contributed by atoms with Gasteiger partial charge in [0.05, 0.1) is 16.1 Å². The van der Waals surface area contributed by atoms with Crippen molar-refractivity contribution in [2.45, 2.75) is 6.18 Å². The van der Waals surface area contributed by atoms with E-state index in [4.69, 9.17) is 11.6 Å². The first kappa shape index (κ1) is 16.5. The Morgan fingerprint density at radius 1 is 0.727 bits per heavy atom. The molecule has 0 heterocycles. The minimum atomic E-state index is -4.96. The van der Waals surface area contributed by atoms with E-state index in [0.717, 1.165) is 12.1 Å². The molecule has 0 atom stereocenters. The van der Waals surface area contributed by atoms with E-state index in [-0.39, 0.29) is 0 Å². The Bertz CT molecular complexity index is 722. The van der Waals surface area contributed by atoms with Crippen molar-refractivity contribution in [3.05, 3.63) is 57.9 Å². The molecular weight excluding hydrogens is 344 g/mol. The molecule has 2 aromatic carbocycles. The Morgan fingerprint density at radius 2 is 1.18 bits per heavy atom. The second-order valence-corrected chi connectivity index (χ2v) is 4.49. The van der Waals surface area contributed by atoms with E-state index in [1.807, 2.05) is 0 Å². The van der Waals surface area contributed by atoms with Crippen LogP contribution in [0.15, 0.2) is 18.2 Å². The molecule has 0 bridgehead atoms. The van der Waals surface area contributed by atoms with Gasteiger partial charge in [0.1, 0.15) is 0 Å². The summed E-state index contributed by atoms with van der Waals surface area (Å²) in [5.74, 6) is -11.5. The lowest BCUT2D eigenvalue weighted by molar-refractivity contribution is -0.137. The zero-order valence-electron chi connectivity index (χ0n) is 10.1. The molecule has 0 N–H and O–H groups in total. The molecule has 0 fully saturated rings. The van der Waals surface area contributed by atoms with Crippen LogP contribution in [0.3, 0.4) is 0 Å². The van der Waals surface area contributed by atoms with Crippen LogP contribution in [0.2, 0.25) is 5.02 Å². The van der Waals surface area contributed by atoms with Gasteiger partial charge in [-0.25, -0.2) is 22.0 Å². The van der Waals surface area contributed by atoms with Gasteiger partial charge < -0.3 is 0 Å². The zero-order chi connectivity index (χ0) is 16.8. The number of alkyl halides is 3. The number of hydrogen-bond acceptors (Lipinski definition) is 0. The number of hydrogen-bond donors (Lipinski definition) is 0. The smallest absolute Gasteiger partial charge is 0.203 e. The molecule has 0 amide bonds. The molecule has 118 valence electrons. The molecule has 0 spiro atoms. The molecular formula is C13H3ClF8. The fraction of sp³-hybridized carbons (Fsp3) is 0.0769. The second-order valence-electron chi connectivity index (χ2n) is 4.11. The molecule has 0 aliphatic heterocycles. The van der Waals surface area contributed by atoms with Crippen molar-refractivity contribution in [2.24, 2.45) is 0 Å². The quantitative estimate of drug-likeness (QED) is 0.352. The SMILES string of the molecule is Fc1c(F)c(F)c(-c2cccc(C(F)(F)F)c2Cl)c(F)c1F. The van der Waals surface area contributed by atoms with Gasteiger partial charge in [0.25, 0.3) is 0 Å². The van der Waals surface area contributed by atoms with Gasteiger partial charge in [-0.3, -0.25) is 0 Å². The van der Waals surface area contributed by atoms with Gasteiger partial charge in [0.15, 0.2) is 23.3 Å². The van der Waals surface area contributed by atoms with Crippen LogP contribution >= 0.6 is 11.6 Å². The summed E-state index contributed by atoms with van der Waals surface area (Å²) in [7, 11) is 0. The Morgan fingerprint density at radius 3 is 1.64 bits per heavy atom. The van der Waals surface area contributed by atoms with Crippen LogP contribution < -0.4 is 0 Å². The van der Waals surface area contributed by atoms with Gasteiger partial charge in [-0.15, -0.1) is 0 Å². The molecule has 0 aliphatic rings. The number of halogens is 9. The first-order valence-corrected chi connectivity index (χ1v) is 5.82. The Hall–Kier alpha value is -1.83.